The summed E-state index contributed by atoms with van der Waals surface area (Å²) in [5.41, 5.74) is 4.00. The third-order valence-corrected chi connectivity index (χ3v) is 5.37. The van der Waals surface area contributed by atoms with E-state index in [2.05, 4.69) is 0 Å². The van der Waals surface area contributed by atoms with Gasteiger partial charge in [0.1, 0.15) is 4.90 Å². The maximum Gasteiger partial charge on any atom is 0.298 e. The summed E-state index contributed by atoms with van der Waals surface area (Å²) in [4.78, 5) is 0.322. The molecular weight excluding hydrogens is 260 g/mol. The zero-order valence-corrected chi connectivity index (χ0v) is 13.9. The normalized spacial score (nSPS) is 12.8. The van der Waals surface area contributed by atoms with Crippen molar-refractivity contribution >= 4 is 10.1 Å². The topological polar surface area (TPSA) is 43.4 Å². The molecule has 0 bridgehead atoms. The van der Waals surface area contributed by atoms with E-state index in [9.17, 15) is 8.42 Å². The Kier molecular flexibility index (Phi) is 4.18. The van der Waals surface area contributed by atoms with Crippen LogP contribution in [-0.4, -0.2) is 14.0 Å². The van der Waals surface area contributed by atoms with Gasteiger partial charge in [-0.1, -0.05) is 0 Å². The van der Waals surface area contributed by atoms with Crippen molar-refractivity contribution < 1.29 is 12.6 Å². The van der Waals surface area contributed by atoms with Gasteiger partial charge in [-0.2, -0.15) is 8.42 Å². The minimum Gasteiger partial charge on any atom is -0.261 e. The lowest BCUT2D eigenvalue weighted by atomic mass is 9.95. The van der Waals surface area contributed by atoms with E-state index in [1.165, 1.54) is 0 Å². The first-order chi connectivity index (χ1) is 8.38. The minimum atomic E-state index is -3.74. The standard InChI is InChI=1S/C15H24O3S/c1-9-10(2)12(4)14(13(5)11(9)3)19(16,17)18-15(6,7)8/h1-8H3. The maximum absolute atomic E-state index is 12.5. The number of hydrogen-bond donors (Lipinski definition) is 0. The second-order valence-electron chi connectivity index (χ2n) is 6.10. The zero-order valence-electron chi connectivity index (χ0n) is 13.1. The predicted octanol–water partition coefficient (Wildman–Crippen LogP) is 3.73. The smallest absolute Gasteiger partial charge is 0.261 e. The molecule has 3 nitrogen and oxygen atoms in total. The van der Waals surface area contributed by atoms with Crippen LogP contribution >= 0.6 is 0 Å². The molecule has 0 radical (unpaired) electrons. The van der Waals surface area contributed by atoms with Crippen LogP contribution in [-0.2, 0) is 14.3 Å². The van der Waals surface area contributed by atoms with E-state index in [-0.39, 0.29) is 0 Å². The van der Waals surface area contributed by atoms with Gasteiger partial charge in [0, 0.05) is 0 Å². The summed E-state index contributed by atoms with van der Waals surface area (Å²) in [5, 5.41) is 0. The van der Waals surface area contributed by atoms with E-state index in [0.29, 0.717) is 4.90 Å². The molecule has 0 saturated heterocycles. The molecule has 0 spiro atoms. The van der Waals surface area contributed by atoms with E-state index in [1.807, 2.05) is 34.6 Å². The molecule has 0 aromatic heterocycles. The zero-order chi connectivity index (χ0) is 15.2. The van der Waals surface area contributed by atoms with Crippen LogP contribution in [0.15, 0.2) is 4.90 Å². The lowest BCUT2D eigenvalue weighted by Gasteiger charge is -2.23. The lowest BCUT2D eigenvalue weighted by molar-refractivity contribution is 0.139. The van der Waals surface area contributed by atoms with Crippen molar-refractivity contribution in [2.75, 3.05) is 0 Å². The molecule has 1 aromatic carbocycles. The highest BCUT2D eigenvalue weighted by molar-refractivity contribution is 7.87. The van der Waals surface area contributed by atoms with Gasteiger partial charge in [0.25, 0.3) is 10.1 Å². The molecule has 0 aliphatic rings. The Labute approximate surface area is 117 Å². The van der Waals surface area contributed by atoms with E-state index >= 15 is 0 Å². The van der Waals surface area contributed by atoms with Crippen LogP contribution in [0.4, 0.5) is 0 Å². The summed E-state index contributed by atoms with van der Waals surface area (Å²) in [7, 11) is -3.74. The average molecular weight is 284 g/mol. The Morgan fingerprint density at radius 2 is 1.05 bits per heavy atom. The molecule has 0 atom stereocenters. The van der Waals surface area contributed by atoms with Crippen molar-refractivity contribution in [3.63, 3.8) is 0 Å². The summed E-state index contributed by atoms with van der Waals surface area (Å²) in [5.74, 6) is 0. The summed E-state index contributed by atoms with van der Waals surface area (Å²) < 4.78 is 30.3. The Morgan fingerprint density at radius 3 is 1.37 bits per heavy atom. The van der Waals surface area contributed by atoms with Crippen molar-refractivity contribution in [2.45, 2.75) is 65.9 Å². The molecule has 0 unspecified atom stereocenters. The Hall–Kier alpha value is -0.870. The molecule has 0 aliphatic heterocycles. The molecule has 0 amide bonds. The Morgan fingerprint density at radius 1 is 0.737 bits per heavy atom. The van der Waals surface area contributed by atoms with Crippen molar-refractivity contribution in [1.82, 2.24) is 0 Å². The van der Waals surface area contributed by atoms with Gasteiger partial charge < -0.3 is 0 Å². The van der Waals surface area contributed by atoms with Gasteiger partial charge in [0.15, 0.2) is 0 Å². The number of benzene rings is 1. The largest absolute Gasteiger partial charge is 0.298 e. The van der Waals surface area contributed by atoms with Crippen molar-refractivity contribution in [3.05, 3.63) is 27.8 Å². The maximum atomic E-state index is 12.5. The van der Waals surface area contributed by atoms with Crippen LogP contribution < -0.4 is 0 Å². The van der Waals surface area contributed by atoms with Gasteiger partial charge >= 0.3 is 0 Å². The molecule has 0 N–H and O–H groups in total. The van der Waals surface area contributed by atoms with Crippen LogP contribution in [0, 0.1) is 34.6 Å². The first kappa shape index (κ1) is 16.2. The highest BCUT2D eigenvalue weighted by Crippen LogP contribution is 2.32. The van der Waals surface area contributed by atoms with Crippen LogP contribution in [0.1, 0.15) is 48.6 Å². The molecule has 19 heavy (non-hydrogen) atoms. The molecule has 0 aliphatic carbocycles. The SMILES string of the molecule is Cc1c(C)c(C)c(S(=O)(=O)OC(C)(C)C)c(C)c1C. The highest BCUT2D eigenvalue weighted by Gasteiger charge is 2.29. The minimum absolute atomic E-state index is 0.322. The molecule has 1 rings (SSSR count). The fourth-order valence-electron chi connectivity index (χ4n) is 2.21. The van der Waals surface area contributed by atoms with Gasteiger partial charge in [-0.3, -0.25) is 4.18 Å². The van der Waals surface area contributed by atoms with E-state index < -0.39 is 15.7 Å². The molecule has 0 heterocycles. The second-order valence-corrected chi connectivity index (χ2v) is 7.59. The third kappa shape index (κ3) is 3.18. The number of rotatable bonds is 2. The van der Waals surface area contributed by atoms with Gasteiger partial charge in [-0.05, 0) is 83.2 Å². The van der Waals surface area contributed by atoms with Gasteiger partial charge in [-0.25, -0.2) is 0 Å². The Balaban J connectivity index is 3.61. The first-order valence-electron chi connectivity index (χ1n) is 6.41. The monoisotopic (exact) mass is 284 g/mol. The molecule has 1 aromatic rings. The van der Waals surface area contributed by atoms with Crippen LogP contribution in [0.5, 0.6) is 0 Å². The second kappa shape index (κ2) is 4.91. The van der Waals surface area contributed by atoms with Crippen molar-refractivity contribution in [1.29, 1.82) is 0 Å². The van der Waals surface area contributed by atoms with Gasteiger partial charge in [0.2, 0.25) is 0 Å². The fourth-order valence-corrected chi connectivity index (χ4v) is 4.01. The van der Waals surface area contributed by atoms with Crippen molar-refractivity contribution in [3.8, 4) is 0 Å². The highest BCUT2D eigenvalue weighted by atomic mass is 32.2. The van der Waals surface area contributed by atoms with Crippen LogP contribution in [0.2, 0.25) is 0 Å². The van der Waals surface area contributed by atoms with Crippen LogP contribution in [0.3, 0.4) is 0 Å². The summed E-state index contributed by atoms with van der Waals surface area (Å²) in [6.45, 7) is 14.8. The third-order valence-electron chi connectivity index (χ3n) is 3.54. The van der Waals surface area contributed by atoms with Gasteiger partial charge in [0.05, 0.1) is 5.60 Å². The van der Waals surface area contributed by atoms with Crippen LogP contribution in [0.25, 0.3) is 0 Å². The predicted molar refractivity (Wildman–Crippen MR) is 78.2 cm³/mol. The summed E-state index contributed by atoms with van der Waals surface area (Å²) >= 11 is 0. The first-order valence-corrected chi connectivity index (χ1v) is 7.82. The van der Waals surface area contributed by atoms with E-state index in [4.69, 9.17) is 4.18 Å². The molecular formula is C15H24O3S. The quantitative estimate of drug-likeness (QED) is 0.777. The lowest BCUT2D eigenvalue weighted by Crippen LogP contribution is -2.25. The van der Waals surface area contributed by atoms with E-state index in [1.54, 1.807) is 20.8 Å². The molecule has 0 saturated carbocycles. The van der Waals surface area contributed by atoms with E-state index in [0.717, 1.165) is 27.8 Å². The molecule has 0 fully saturated rings. The number of hydrogen-bond acceptors (Lipinski definition) is 3. The Bertz CT molecular complexity index is 576. The summed E-state index contributed by atoms with van der Waals surface area (Å²) in [6.07, 6.45) is 0. The van der Waals surface area contributed by atoms with Gasteiger partial charge in [-0.15, -0.1) is 0 Å². The van der Waals surface area contributed by atoms with Crippen molar-refractivity contribution in [2.24, 2.45) is 0 Å². The summed E-state index contributed by atoms with van der Waals surface area (Å²) in [6, 6.07) is 0. The fraction of sp³-hybridized carbons (Fsp3) is 0.600. The average Bonchev–Trinajstić information content (AvgIpc) is 2.20. The molecule has 4 heteroatoms. The molecule has 108 valence electrons.